The van der Waals surface area contributed by atoms with Gasteiger partial charge in [0, 0.05) is 10.6 Å². The standard InChI is InChI=1S/C13H18N2O2S/c1-9(8-16)14-13(17)15-11-6-7-18-12-5-3-2-4-10(11)12/h2-5,9,11,16H,6-8H2,1H3,(H2,14,15,17)/t9-,11-/m0/s1. The Hall–Kier alpha value is -1.20. The van der Waals surface area contributed by atoms with Gasteiger partial charge in [0.25, 0.3) is 0 Å². The van der Waals surface area contributed by atoms with E-state index >= 15 is 0 Å². The summed E-state index contributed by atoms with van der Waals surface area (Å²) in [6.45, 7) is 1.72. The molecule has 1 aromatic carbocycles. The number of amides is 2. The smallest absolute Gasteiger partial charge is 0.315 e. The molecule has 0 aromatic heterocycles. The zero-order chi connectivity index (χ0) is 13.0. The number of hydrogen-bond acceptors (Lipinski definition) is 3. The third kappa shape index (κ3) is 3.17. The van der Waals surface area contributed by atoms with Gasteiger partial charge in [0.1, 0.15) is 0 Å². The van der Waals surface area contributed by atoms with Gasteiger partial charge < -0.3 is 15.7 Å². The first-order valence-corrected chi connectivity index (χ1v) is 7.09. The molecule has 1 aliphatic heterocycles. The molecule has 0 saturated heterocycles. The monoisotopic (exact) mass is 266 g/mol. The maximum Gasteiger partial charge on any atom is 0.315 e. The van der Waals surface area contributed by atoms with Crippen LogP contribution in [0, 0.1) is 0 Å². The van der Waals surface area contributed by atoms with E-state index in [0.717, 1.165) is 12.2 Å². The van der Waals surface area contributed by atoms with Crippen molar-refractivity contribution in [2.75, 3.05) is 12.4 Å². The number of hydrogen-bond donors (Lipinski definition) is 3. The van der Waals surface area contributed by atoms with Crippen molar-refractivity contribution in [1.29, 1.82) is 0 Å². The molecule has 0 unspecified atom stereocenters. The van der Waals surface area contributed by atoms with Crippen molar-refractivity contribution in [2.24, 2.45) is 0 Å². The van der Waals surface area contributed by atoms with Crippen LogP contribution in [-0.4, -0.2) is 29.5 Å². The molecule has 98 valence electrons. The van der Waals surface area contributed by atoms with Crippen LogP contribution in [0.5, 0.6) is 0 Å². The van der Waals surface area contributed by atoms with Crippen molar-refractivity contribution in [3.63, 3.8) is 0 Å². The summed E-state index contributed by atoms with van der Waals surface area (Å²) in [6, 6.07) is 7.77. The number of thioether (sulfide) groups is 1. The van der Waals surface area contributed by atoms with E-state index in [2.05, 4.69) is 22.8 Å². The van der Waals surface area contributed by atoms with Crippen molar-refractivity contribution < 1.29 is 9.90 Å². The Morgan fingerprint density at radius 3 is 3.11 bits per heavy atom. The second-order valence-electron chi connectivity index (χ2n) is 4.43. The van der Waals surface area contributed by atoms with E-state index in [1.807, 2.05) is 23.9 Å². The number of rotatable bonds is 3. The SMILES string of the molecule is C[C@@H](CO)NC(=O)N[C@H]1CCSc2ccccc21. The van der Waals surface area contributed by atoms with Gasteiger partial charge in [0.15, 0.2) is 0 Å². The predicted octanol–water partition coefficient (Wildman–Crippen LogP) is 1.90. The van der Waals surface area contributed by atoms with Crippen LogP contribution in [0.3, 0.4) is 0 Å². The van der Waals surface area contributed by atoms with Crippen LogP contribution in [-0.2, 0) is 0 Å². The van der Waals surface area contributed by atoms with E-state index in [0.29, 0.717) is 0 Å². The van der Waals surface area contributed by atoms with Crippen LogP contribution < -0.4 is 10.6 Å². The van der Waals surface area contributed by atoms with Gasteiger partial charge >= 0.3 is 6.03 Å². The van der Waals surface area contributed by atoms with Gasteiger partial charge in [0.2, 0.25) is 0 Å². The summed E-state index contributed by atoms with van der Waals surface area (Å²) in [6.07, 6.45) is 0.933. The van der Waals surface area contributed by atoms with E-state index in [4.69, 9.17) is 5.11 Å². The highest BCUT2D eigenvalue weighted by atomic mass is 32.2. The topological polar surface area (TPSA) is 61.4 Å². The van der Waals surface area contributed by atoms with Gasteiger partial charge in [-0.05, 0) is 25.0 Å². The van der Waals surface area contributed by atoms with Crippen molar-refractivity contribution in [2.45, 2.75) is 30.3 Å². The molecule has 0 radical (unpaired) electrons. The highest BCUT2D eigenvalue weighted by Gasteiger charge is 2.22. The predicted molar refractivity (Wildman–Crippen MR) is 72.7 cm³/mol. The van der Waals surface area contributed by atoms with Gasteiger partial charge in [-0.1, -0.05) is 18.2 Å². The molecule has 0 fully saturated rings. The largest absolute Gasteiger partial charge is 0.394 e. The fourth-order valence-electron chi connectivity index (χ4n) is 1.96. The number of aliphatic hydroxyl groups excluding tert-OH is 1. The quantitative estimate of drug-likeness (QED) is 0.783. The lowest BCUT2D eigenvalue weighted by Gasteiger charge is -2.26. The molecular weight excluding hydrogens is 248 g/mol. The minimum atomic E-state index is -0.224. The third-order valence-corrected chi connectivity index (χ3v) is 4.04. The lowest BCUT2D eigenvalue weighted by atomic mass is 10.0. The number of carbonyl (C=O) groups excluding carboxylic acids is 1. The summed E-state index contributed by atoms with van der Waals surface area (Å²) in [5.74, 6) is 1.01. The number of benzene rings is 1. The molecule has 2 amide bonds. The zero-order valence-corrected chi connectivity index (χ0v) is 11.2. The van der Waals surface area contributed by atoms with Gasteiger partial charge in [-0.2, -0.15) is 0 Å². The molecule has 0 spiro atoms. The minimum absolute atomic E-state index is 0.0511. The summed E-state index contributed by atoms with van der Waals surface area (Å²) in [5.41, 5.74) is 1.18. The van der Waals surface area contributed by atoms with Crippen LogP contribution in [0.25, 0.3) is 0 Å². The van der Waals surface area contributed by atoms with E-state index in [1.165, 1.54) is 10.5 Å². The number of urea groups is 1. The Balaban J connectivity index is 2.01. The average Bonchev–Trinajstić information content (AvgIpc) is 2.39. The molecule has 0 saturated carbocycles. The fourth-order valence-corrected chi connectivity index (χ4v) is 3.09. The van der Waals surface area contributed by atoms with Crippen LogP contribution in [0.15, 0.2) is 29.2 Å². The van der Waals surface area contributed by atoms with Crippen molar-refractivity contribution in [1.82, 2.24) is 10.6 Å². The Morgan fingerprint density at radius 1 is 1.56 bits per heavy atom. The lowest BCUT2D eigenvalue weighted by molar-refractivity contribution is 0.217. The first kappa shape index (κ1) is 13.2. The van der Waals surface area contributed by atoms with E-state index in [1.54, 1.807) is 6.92 Å². The summed E-state index contributed by atoms with van der Waals surface area (Å²) < 4.78 is 0. The van der Waals surface area contributed by atoms with Crippen molar-refractivity contribution in [3.8, 4) is 0 Å². The Labute approximate surface area is 111 Å². The summed E-state index contributed by atoms with van der Waals surface area (Å²) in [4.78, 5) is 13.0. The minimum Gasteiger partial charge on any atom is -0.394 e. The maximum absolute atomic E-state index is 11.8. The number of aliphatic hydroxyl groups is 1. The first-order chi connectivity index (χ1) is 8.70. The van der Waals surface area contributed by atoms with Gasteiger partial charge in [-0.3, -0.25) is 0 Å². The molecule has 18 heavy (non-hydrogen) atoms. The fraction of sp³-hybridized carbons (Fsp3) is 0.462. The summed E-state index contributed by atoms with van der Waals surface area (Å²) in [5, 5.41) is 14.6. The molecule has 5 heteroatoms. The molecule has 1 aliphatic rings. The molecule has 0 bridgehead atoms. The second kappa shape index (κ2) is 6.11. The van der Waals surface area contributed by atoms with Crippen LogP contribution in [0.4, 0.5) is 4.79 Å². The summed E-state index contributed by atoms with van der Waals surface area (Å²) >= 11 is 1.83. The maximum atomic E-state index is 11.8. The van der Waals surface area contributed by atoms with Gasteiger partial charge in [0.05, 0.1) is 18.7 Å². The number of carbonyl (C=O) groups is 1. The van der Waals surface area contributed by atoms with Crippen LogP contribution >= 0.6 is 11.8 Å². The number of nitrogens with one attached hydrogen (secondary N) is 2. The van der Waals surface area contributed by atoms with E-state index in [9.17, 15) is 4.79 Å². The van der Waals surface area contributed by atoms with Crippen LogP contribution in [0.1, 0.15) is 24.9 Å². The molecule has 2 atom stereocenters. The second-order valence-corrected chi connectivity index (χ2v) is 5.57. The Bertz CT molecular complexity index is 425. The lowest BCUT2D eigenvalue weighted by Crippen LogP contribution is -2.44. The highest BCUT2D eigenvalue weighted by Crippen LogP contribution is 2.35. The molecule has 0 aliphatic carbocycles. The first-order valence-electron chi connectivity index (χ1n) is 6.10. The molecular formula is C13H18N2O2S. The summed E-state index contributed by atoms with van der Waals surface area (Å²) in [7, 11) is 0. The average molecular weight is 266 g/mol. The normalized spacial score (nSPS) is 19.8. The van der Waals surface area contributed by atoms with Crippen molar-refractivity contribution in [3.05, 3.63) is 29.8 Å². The van der Waals surface area contributed by atoms with Crippen molar-refractivity contribution >= 4 is 17.8 Å². The molecule has 2 rings (SSSR count). The molecule has 3 N–H and O–H groups in total. The Kier molecular flexibility index (Phi) is 4.49. The highest BCUT2D eigenvalue weighted by molar-refractivity contribution is 7.99. The van der Waals surface area contributed by atoms with Crippen LogP contribution in [0.2, 0.25) is 0 Å². The Morgan fingerprint density at radius 2 is 2.33 bits per heavy atom. The zero-order valence-electron chi connectivity index (χ0n) is 10.3. The van der Waals surface area contributed by atoms with E-state index < -0.39 is 0 Å². The van der Waals surface area contributed by atoms with Gasteiger partial charge in [-0.25, -0.2) is 4.79 Å². The third-order valence-electron chi connectivity index (χ3n) is 2.92. The molecule has 1 heterocycles. The number of fused-ring (bicyclic) bond motifs is 1. The van der Waals surface area contributed by atoms with Gasteiger partial charge in [-0.15, -0.1) is 11.8 Å². The molecule has 4 nitrogen and oxygen atoms in total. The molecule has 1 aromatic rings. The van der Waals surface area contributed by atoms with E-state index in [-0.39, 0.29) is 24.7 Å².